The van der Waals surface area contributed by atoms with E-state index >= 15 is 0 Å². The Kier molecular flexibility index (Phi) is 5.83. The molecule has 0 unspecified atom stereocenters. The van der Waals surface area contributed by atoms with Gasteiger partial charge in [0.1, 0.15) is 11.5 Å². The third kappa shape index (κ3) is 4.87. The predicted octanol–water partition coefficient (Wildman–Crippen LogP) is 5.30. The van der Waals surface area contributed by atoms with Crippen LogP contribution < -0.4 is 10.1 Å². The number of nitrogens with one attached hydrogen (secondary N) is 1. The van der Waals surface area contributed by atoms with Gasteiger partial charge in [0, 0.05) is 12.1 Å². The van der Waals surface area contributed by atoms with Gasteiger partial charge in [0.15, 0.2) is 0 Å². The summed E-state index contributed by atoms with van der Waals surface area (Å²) in [5.41, 5.74) is 2.43. The Morgan fingerprint density at radius 3 is 2.57 bits per heavy atom. The summed E-state index contributed by atoms with van der Waals surface area (Å²) in [6.07, 6.45) is 0. The summed E-state index contributed by atoms with van der Waals surface area (Å²) in [4.78, 5) is 0. The first-order chi connectivity index (χ1) is 10.1. The minimum absolute atomic E-state index is 0.641. The van der Waals surface area contributed by atoms with E-state index in [1.165, 1.54) is 11.1 Å². The maximum atomic E-state index is 6.07. The van der Waals surface area contributed by atoms with E-state index in [1.54, 1.807) is 0 Å². The topological polar surface area (TPSA) is 21.3 Å². The van der Waals surface area contributed by atoms with Gasteiger partial charge < -0.3 is 10.1 Å². The van der Waals surface area contributed by atoms with E-state index in [2.05, 4.69) is 54.2 Å². The first kappa shape index (κ1) is 16.1. The smallest absolute Gasteiger partial charge is 0.141 e. The fourth-order valence-electron chi connectivity index (χ4n) is 2.09. The van der Waals surface area contributed by atoms with Crippen molar-refractivity contribution in [3.63, 3.8) is 0 Å². The Morgan fingerprint density at radius 2 is 1.86 bits per heavy atom. The van der Waals surface area contributed by atoms with Crippen LogP contribution >= 0.6 is 15.9 Å². The molecule has 0 aliphatic carbocycles. The molecule has 0 amide bonds. The average molecular weight is 348 g/mol. The molecule has 2 nitrogen and oxygen atoms in total. The van der Waals surface area contributed by atoms with Crippen LogP contribution in [-0.2, 0) is 6.54 Å². The van der Waals surface area contributed by atoms with Gasteiger partial charge in [-0.15, -0.1) is 0 Å². The summed E-state index contributed by atoms with van der Waals surface area (Å²) >= 11 is 3.52. The lowest BCUT2D eigenvalue weighted by Gasteiger charge is -2.14. The Morgan fingerprint density at radius 1 is 1.10 bits per heavy atom. The summed E-state index contributed by atoms with van der Waals surface area (Å²) < 4.78 is 7.03. The lowest BCUT2D eigenvalue weighted by Crippen LogP contribution is -2.19. The molecule has 0 aromatic heterocycles. The molecule has 1 N–H and O–H groups in total. The second-order valence-electron chi connectivity index (χ2n) is 5.67. The van der Waals surface area contributed by atoms with Gasteiger partial charge in [0.2, 0.25) is 0 Å². The standard InChI is InChI=1S/C18H22BrNO/c1-13(2)11-20-12-15-10-14(3)8-9-17(15)21-18-7-5-4-6-16(18)19/h4-10,13,20H,11-12H2,1-3H3. The van der Waals surface area contributed by atoms with Crippen molar-refractivity contribution in [3.05, 3.63) is 58.1 Å². The van der Waals surface area contributed by atoms with Crippen LogP contribution in [0, 0.1) is 12.8 Å². The van der Waals surface area contributed by atoms with Crippen LogP contribution in [0.1, 0.15) is 25.0 Å². The molecule has 3 heteroatoms. The zero-order chi connectivity index (χ0) is 15.2. The monoisotopic (exact) mass is 347 g/mol. The summed E-state index contributed by atoms with van der Waals surface area (Å²) in [5.74, 6) is 2.39. The molecule has 0 saturated carbocycles. The number of para-hydroxylation sites is 1. The largest absolute Gasteiger partial charge is 0.456 e. The van der Waals surface area contributed by atoms with Crippen molar-refractivity contribution in [1.29, 1.82) is 0 Å². The fraction of sp³-hybridized carbons (Fsp3) is 0.333. The fourth-order valence-corrected chi connectivity index (χ4v) is 2.45. The zero-order valence-corrected chi connectivity index (χ0v) is 14.4. The van der Waals surface area contributed by atoms with Crippen molar-refractivity contribution in [2.45, 2.75) is 27.3 Å². The highest BCUT2D eigenvalue weighted by atomic mass is 79.9. The van der Waals surface area contributed by atoms with Crippen molar-refractivity contribution in [2.24, 2.45) is 5.92 Å². The van der Waals surface area contributed by atoms with Crippen molar-refractivity contribution < 1.29 is 4.74 Å². The van der Waals surface area contributed by atoms with E-state index in [0.29, 0.717) is 5.92 Å². The Hall–Kier alpha value is -1.32. The van der Waals surface area contributed by atoms with Crippen LogP contribution in [0.15, 0.2) is 46.9 Å². The molecule has 0 atom stereocenters. The van der Waals surface area contributed by atoms with Gasteiger partial charge in [-0.2, -0.15) is 0 Å². The van der Waals surface area contributed by atoms with E-state index in [9.17, 15) is 0 Å². The number of halogens is 1. The van der Waals surface area contributed by atoms with Crippen LogP contribution in [-0.4, -0.2) is 6.54 Å². The highest BCUT2D eigenvalue weighted by Crippen LogP contribution is 2.31. The number of aryl methyl sites for hydroxylation is 1. The molecule has 2 rings (SSSR count). The quantitative estimate of drug-likeness (QED) is 0.765. The Bertz CT molecular complexity index is 596. The van der Waals surface area contributed by atoms with Gasteiger partial charge in [0.05, 0.1) is 4.47 Å². The molecule has 0 aliphatic rings. The second-order valence-corrected chi connectivity index (χ2v) is 6.52. The molecule has 0 spiro atoms. The van der Waals surface area contributed by atoms with Crippen LogP contribution in [0.3, 0.4) is 0 Å². The van der Waals surface area contributed by atoms with Gasteiger partial charge in [0.25, 0.3) is 0 Å². The number of hydrogen-bond acceptors (Lipinski definition) is 2. The normalized spacial score (nSPS) is 10.9. The minimum Gasteiger partial charge on any atom is -0.456 e. The third-order valence-electron chi connectivity index (χ3n) is 3.14. The van der Waals surface area contributed by atoms with Gasteiger partial charge in [-0.3, -0.25) is 0 Å². The summed E-state index contributed by atoms with van der Waals surface area (Å²) in [6, 6.07) is 14.2. The predicted molar refractivity (Wildman–Crippen MR) is 91.9 cm³/mol. The first-order valence-corrected chi connectivity index (χ1v) is 8.08. The SMILES string of the molecule is Cc1ccc(Oc2ccccc2Br)c(CNCC(C)C)c1. The van der Waals surface area contributed by atoms with E-state index in [1.807, 2.05) is 30.3 Å². The summed E-state index contributed by atoms with van der Waals surface area (Å²) in [5, 5.41) is 3.48. The zero-order valence-electron chi connectivity index (χ0n) is 12.8. The van der Waals surface area contributed by atoms with E-state index < -0.39 is 0 Å². The molecule has 0 bridgehead atoms. The van der Waals surface area contributed by atoms with Crippen LogP contribution in [0.2, 0.25) is 0 Å². The van der Waals surface area contributed by atoms with Crippen molar-refractivity contribution >= 4 is 15.9 Å². The third-order valence-corrected chi connectivity index (χ3v) is 3.80. The van der Waals surface area contributed by atoms with Gasteiger partial charge in [-0.05, 0) is 53.5 Å². The molecule has 0 fully saturated rings. The number of rotatable bonds is 6. The van der Waals surface area contributed by atoms with Gasteiger partial charge in [-0.1, -0.05) is 43.7 Å². The number of hydrogen-bond donors (Lipinski definition) is 1. The molecule has 21 heavy (non-hydrogen) atoms. The molecule has 0 heterocycles. The van der Waals surface area contributed by atoms with Crippen molar-refractivity contribution in [3.8, 4) is 11.5 Å². The van der Waals surface area contributed by atoms with Crippen LogP contribution in [0.4, 0.5) is 0 Å². The van der Waals surface area contributed by atoms with Gasteiger partial charge >= 0.3 is 0 Å². The average Bonchev–Trinajstić information content (AvgIpc) is 2.43. The maximum Gasteiger partial charge on any atom is 0.141 e. The summed E-state index contributed by atoms with van der Waals surface area (Å²) in [6.45, 7) is 8.35. The van der Waals surface area contributed by atoms with Gasteiger partial charge in [-0.25, -0.2) is 0 Å². The Labute approximate surface area is 135 Å². The maximum absolute atomic E-state index is 6.07. The Balaban J connectivity index is 2.16. The molecular formula is C18H22BrNO. The molecule has 0 aliphatic heterocycles. The molecular weight excluding hydrogens is 326 g/mol. The van der Waals surface area contributed by atoms with E-state index in [0.717, 1.165) is 29.1 Å². The summed E-state index contributed by atoms with van der Waals surface area (Å²) in [7, 11) is 0. The lowest BCUT2D eigenvalue weighted by atomic mass is 10.1. The van der Waals surface area contributed by atoms with Crippen LogP contribution in [0.25, 0.3) is 0 Å². The number of ether oxygens (including phenoxy) is 1. The first-order valence-electron chi connectivity index (χ1n) is 7.29. The van der Waals surface area contributed by atoms with Crippen LogP contribution in [0.5, 0.6) is 11.5 Å². The van der Waals surface area contributed by atoms with Crippen molar-refractivity contribution in [1.82, 2.24) is 5.32 Å². The lowest BCUT2D eigenvalue weighted by molar-refractivity contribution is 0.466. The molecule has 2 aromatic carbocycles. The highest BCUT2D eigenvalue weighted by molar-refractivity contribution is 9.10. The molecule has 0 saturated heterocycles. The molecule has 0 radical (unpaired) electrons. The molecule has 112 valence electrons. The second kappa shape index (κ2) is 7.62. The van der Waals surface area contributed by atoms with E-state index in [4.69, 9.17) is 4.74 Å². The molecule has 2 aromatic rings. The van der Waals surface area contributed by atoms with Crippen molar-refractivity contribution in [2.75, 3.05) is 6.54 Å². The number of benzene rings is 2. The highest BCUT2D eigenvalue weighted by Gasteiger charge is 2.08. The minimum atomic E-state index is 0.641. The van der Waals surface area contributed by atoms with E-state index in [-0.39, 0.29) is 0 Å².